The Kier molecular flexibility index (Phi) is 7.20. The lowest BCUT2D eigenvalue weighted by Gasteiger charge is -2.24. The van der Waals surface area contributed by atoms with Gasteiger partial charge in [-0.2, -0.15) is 0 Å². The average Bonchev–Trinajstić information content (AvgIpc) is 2.36. The van der Waals surface area contributed by atoms with Crippen molar-refractivity contribution in [1.29, 1.82) is 0 Å². The van der Waals surface area contributed by atoms with Crippen LogP contribution in [0, 0.1) is 5.92 Å². The van der Waals surface area contributed by atoms with Crippen LogP contribution in [0.3, 0.4) is 0 Å². The van der Waals surface area contributed by atoms with Gasteiger partial charge in [0.2, 0.25) is 0 Å². The van der Waals surface area contributed by atoms with Crippen molar-refractivity contribution in [2.24, 2.45) is 5.92 Å². The van der Waals surface area contributed by atoms with Crippen molar-refractivity contribution in [3.8, 4) is 0 Å². The highest BCUT2D eigenvalue weighted by Gasteiger charge is 2.23. The van der Waals surface area contributed by atoms with E-state index in [-0.39, 0.29) is 18.1 Å². The van der Waals surface area contributed by atoms with Crippen LogP contribution in [0.1, 0.15) is 38.8 Å². The lowest BCUT2D eigenvalue weighted by molar-refractivity contribution is -0.143. The van der Waals surface area contributed by atoms with E-state index in [9.17, 15) is 4.79 Å². The van der Waals surface area contributed by atoms with E-state index in [2.05, 4.69) is 51.0 Å². The first-order valence-electron chi connectivity index (χ1n) is 6.64. The molecule has 0 aromatic heterocycles. The Labute approximate surface area is 137 Å². The summed E-state index contributed by atoms with van der Waals surface area (Å²) in [5.41, 5.74) is 1.12. The Balaban J connectivity index is 2.84. The Morgan fingerprint density at radius 1 is 1.30 bits per heavy atom. The molecule has 0 saturated carbocycles. The number of hydrogen-bond acceptors (Lipinski definition) is 3. The number of rotatable bonds is 6. The summed E-state index contributed by atoms with van der Waals surface area (Å²) < 4.78 is 6.91. The summed E-state index contributed by atoms with van der Waals surface area (Å²) in [7, 11) is 1.43. The minimum absolute atomic E-state index is 0.0559. The van der Waals surface area contributed by atoms with Crippen LogP contribution in [0.15, 0.2) is 27.1 Å². The lowest BCUT2D eigenvalue weighted by atomic mass is 10.0. The fourth-order valence-electron chi connectivity index (χ4n) is 2.09. The van der Waals surface area contributed by atoms with E-state index in [1.54, 1.807) is 0 Å². The van der Waals surface area contributed by atoms with Crippen molar-refractivity contribution in [1.82, 2.24) is 5.32 Å². The summed E-state index contributed by atoms with van der Waals surface area (Å²) in [4.78, 5) is 11.8. The van der Waals surface area contributed by atoms with Crippen molar-refractivity contribution >= 4 is 37.8 Å². The number of hydrogen-bond donors (Lipinski definition) is 1. The minimum atomic E-state index is -0.287. The standard InChI is InChI=1S/C15H21Br2NO2/c1-9(2)7-14(15(19)20-4)18-10(3)12-6-5-11(16)8-13(12)17/h5-6,8-10,14,18H,7H2,1-4H3. The first kappa shape index (κ1) is 17.7. The highest BCUT2D eigenvalue weighted by molar-refractivity contribution is 9.11. The van der Waals surface area contributed by atoms with Crippen LogP contribution >= 0.6 is 31.9 Å². The molecule has 20 heavy (non-hydrogen) atoms. The molecule has 3 nitrogen and oxygen atoms in total. The highest BCUT2D eigenvalue weighted by atomic mass is 79.9. The molecule has 5 heteroatoms. The molecule has 0 aliphatic rings. The summed E-state index contributed by atoms with van der Waals surface area (Å²) in [6, 6.07) is 5.80. The molecular weight excluding hydrogens is 386 g/mol. The normalized spacial score (nSPS) is 14.2. The molecule has 2 atom stereocenters. The minimum Gasteiger partial charge on any atom is -0.468 e. The van der Waals surface area contributed by atoms with Crippen molar-refractivity contribution < 1.29 is 9.53 Å². The maximum Gasteiger partial charge on any atom is 0.322 e. The first-order chi connectivity index (χ1) is 9.35. The lowest BCUT2D eigenvalue weighted by Crippen LogP contribution is -2.40. The van der Waals surface area contributed by atoms with Gasteiger partial charge in [-0.1, -0.05) is 51.8 Å². The van der Waals surface area contributed by atoms with Crippen LogP contribution in [0.5, 0.6) is 0 Å². The van der Waals surface area contributed by atoms with Gasteiger partial charge >= 0.3 is 5.97 Å². The number of carbonyl (C=O) groups excluding carboxylic acids is 1. The predicted octanol–water partition coefficient (Wildman–Crippen LogP) is 4.45. The number of methoxy groups -OCH3 is 1. The molecule has 1 aromatic rings. The van der Waals surface area contributed by atoms with Crippen LogP contribution in [0.25, 0.3) is 0 Å². The molecule has 0 amide bonds. The maximum absolute atomic E-state index is 11.8. The third-order valence-electron chi connectivity index (χ3n) is 3.07. The number of nitrogens with one attached hydrogen (secondary N) is 1. The van der Waals surface area contributed by atoms with Crippen LogP contribution in [0.2, 0.25) is 0 Å². The molecule has 0 aliphatic carbocycles. The molecule has 0 fully saturated rings. The molecule has 0 bridgehead atoms. The second-order valence-corrected chi connectivity index (χ2v) is 7.03. The van der Waals surface area contributed by atoms with Gasteiger partial charge in [-0.25, -0.2) is 0 Å². The van der Waals surface area contributed by atoms with E-state index in [0.717, 1.165) is 20.9 Å². The van der Waals surface area contributed by atoms with Crippen molar-refractivity contribution in [2.45, 2.75) is 39.3 Å². The molecule has 1 rings (SSSR count). The average molecular weight is 407 g/mol. The molecule has 2 unspecified atom stereocenters. The molecular formula is C15H21Br2NO2. The molecule has 0 heterocycles. The van der Waals surface area contributed by atoms with Gasteiger partial charge in [0.05, 0.1) is 7.11 Å². The van der Waals surface area contributed by atoms with Gasteiger partial charge < -0.3 is 4.74 Å². The fourth-order valence-corrected chi connectivity index (χ4v) is 3.48. The zero-order valence-corrected chi connectivity index (χ0v) is 15.4. The largest absolute Gasteiger partial charge is 0.468 e. The van der Waals surface area contributed by atoms with Crippen LogP contribution < -0.4 is 5.32 Å². The molecule has 112 valence electrons. The van der Waals surface area contributed by atoms with Crippen molar-refractivity contribution in [3.63, 3.8) is 0 Å². The topological polar surface area (TPSA) is 38.3 Å². The molecule has 1 N–H and O–H groups in total. The van der Waals surface area contributed by atoms with E-state index in [4.69, 9.17) is 4.74 Å². The van der Waals surface area contributed by atoms with Gasteiger partial charge in [0.1, 0.15) is 6.04 Å². The molecule has 0 aliphatic heterocycles. The summed E-state index contributed by atoms with van der Waals surface area (Å²) in [5.74, 6) is 0.214. The summed E-state index contributed by atoms with van der Waals surface area (Å²) in [6.45, 7) is 6.24. The third-order valence-corrected chi connectivity index (χ3v) is 4.25. The van der Waals surface area contributed by atoms with Gasteiger partial charge in [-0.3, -0.25) is 10.1 Å². The van der Waals surface area contributed by atoms with Crippen LogP contribution in [-0.4, -0.2) is 19.1 Å². The van der Waals surface area contributed by atoms with Crippen molar-refractivity contribution in [2.75, 3.05) is 7.11 Å². The van der Waals surface area contributed by atoms with Gasteiger partial charge in [-0.05, 0) is 37.0 Å². The van der Waals surface area contributed by atoms with E-state index in [1.807, 2.05) is 25.1 Å². The van der Waals surface area contributed by atoms with Crippen molar-refractivity contribution in [3.05, 3.63) is 32.7 Å². The summed E-state index contributed by atoms with van der Waals surface area (Å²) in [5, 5.41) is 3.36. The molecule has 1 aromatic carbocycles. The Morgan fingerprint density at radius 3 is 2.45 bits per heavy atom. The molecule has 0 spiro atoms. The van der Waals surface area contributed by atoms with E-state index < -0.39 is 0 Å². The Morgan fingerprint density at radius 2 is 1.95 bits per heavy atom. The number of ether oxygens (including phenoxy) is 1. The second kappa shape index (κ2) is 8.15. The quantitative estimate of drug-likeness (QED) is 0.709. The molecule has 0 saturated heterocycles. The number of carbonyl (C=O) groups is 1. The zero-order chi connectivity index (χ0) is 15.3. The van der Waals surface area contributed by atoms with Crippen LogP contribution in [-0.2, 0) is 9.53 Å². The number of benzene rings is 1. The smallest absolute Gasteiger partial charge is 0.322 e. The summed E-state index contributed by atoms with van der Waals surface area (Å²) in [6.07, 6.45) is 0.755. The Hall–Kier alpha value is -0.390. The van der Waals surface area contributed by atoms with Crippen LogP contribution in [0.4, 0.5) is 0 Å². The van der Waals surface area contributed by atoms with Gasteiger partial charge in [0.25, 0.3) is 0 Å². The fraction of sp³-hybridized carbons (Fsp3) is 0.533. The molecule has 0 radical (unpaired) electrons. The predicted molar refractivity (Wildman–Crippen MR) is 88.7 cm³/mol. The summed E-state index contributed by atoms with van der Waals surface area (Å²) >= 11 is 7.00. The SMILES string of the molecule is COC(=O)C(CC(C)C)NC(C)c1ccc(Br)cc1Br. The van der Waals surface area contributed by atoms with Gasteiger partial charge in [0.15, 0.2) is 0 Å². The van der Waals surface area contributed by atoms with E-state index >= 15 is 0 Å². The van der Waals surface area contributed by atoms with E-state index in [0.29, 0.717) is 5.92 Å². The number of halogens is 2. The van der Waals surface area contributed by atoms with E-state index in [1.165, 1.54) is 7.11 Å². The van der Waals surface area contributed by atoms with Gasteiger partial charge in [-0.15, -0.1) is 0 Å². The highest BCUT2D eigenvalue weighted by Crippen LogP contribution is 2.27. The first-order valence-corrected chi connectivity index (χ1v) is 8.22. The second-order valence-electron chi connectivity index (χ2n) is 5.26. The zero-order valence-electron chi connectivity index (χ0n) is 12.2. The monoisotopic (exact) mass is 405 g/mol. The maximum atomic E-state index is 11.8. The Bertz CT molecular complexity index is 463. The number of esters is 1. The van der Waals surface area contributed by atoms with Gasteiger partial charge in [0, 0.05) is 15.0 Å². The third kappa shape index (κ3) is 5.19.